The molecule has 0 bridgehead atoms. The van der Waals surface area contributed by atoms with Crippen LogP contribution in [-0.2, 0) is 4.79 Å². The van der Waals surface area contributed by atoms with Gasteiger partial charge in [0.05, 0.1) is 11.4 Å². The van der Waals surface area contributed by atoms with Crippen LogP contribution >= 0.6 is 11.8 Å². The molecule has 0 saturated carbocycles. The Morgan fingerprint density at radius 2 is 1.85 bits per heavy atom. The summed E-state index contributed by atoms with van der Waals surface area (Å²) in [5.74, 6) is 1.36. The lowest BCUT2D eigenvalue weighted by molar-refractivity contribution is -0.123. The maximum Gasteiger partial charge on any atom is 0.293 e. The monoisotopic (exact) mass is 465 g/mol. The molecule has 2 heterocycles. The normalized spacial score (nSPS) is 15.2. The maximum atomic E-state index is 13.1. The Balaban J connectivity index is 1.42. The molecule has 0 atom stereocenters. The molecule has 1 fully saturated rings. The highest BCUT2D eigenvalue weighted by Crippen LogP contribution is 2.33. The summed E-state index contributed by atoms with van der Waals surface area (Å²) in [4.78, 5) is 26.7. The Bertz CT molecular complexity index is 1210. The molecule has 1 aromatic heterocycles. The number of amides is 2. The van der Waals surface area contributed by atoms with Crippen molar-refractivity contribution in [2.45, 2.75) is 26.7 Å². The molecular formula is C26H24FNO4S. The molecule has 7 heteroatoms. The number of hydrogen-bond donors (Lipinski definition) is 0. The third kappa shape index (κ3) is 5.20. The van der Waals surface area contributed by atoms with Gasteiger partial charge in [-0.3, -0.25) is 14.5 Å². The highest BCUT2D eigenvalue weighted by atomic mass is 32.2. The van der Waals surface area contributed by atoms with Gasteiger partial charge < -0.3 is 9.15 Å². The summed E-state index contributed by atoms with van der Waals surface area (Å²) in [5.41, 5.74) is 2.89. The lowest BCUT2D eigenvalue weighted by Gasteiger charge is -2.17. The Morgan fingerprint density at radius 3 is 2.58 bits per heavy atom. The second kappa shape index (κ2) is 9.67. The molecule has 0 N–H and O–H groups in total. The van der Waals surface area contributed by atoms with Gasteiger partial charge in [-0.05, 0) is 78.2 Å². The molecule has 2 amide bonds. The number of furan rings is 1. The quantitative estimate of drug-likeness (QED) is 0.366. The molecule has 3 aromatic rings. The van der Waals surface area contributed by atoms with Gasteiger partial charge in [0.25, 0.3) is 11.1 Å². The number of aryl methyl sites for hydroxylation is 1. The van der Waals surface area contributed by atoms with Crippen LogP contribution < -0.4 is 4.74 Å². The number of rotatable bonds is 7. The Hall–Kier alpha value is -3.32. The summed E-state index contributed by atoms with van der Waals surface area (Å²) < 4.78 is 24.8. The van der Waals surface area contributed by atoms with Crippen molar-refractivity contribution in [2.75, 3.05) is 13.2 Å². The number of thioether (sulfide) groups is 1. The van der Waals surface area contributed by atoms with E-state index in [0.717, 1.165) is 34.2 Å². The van der Waals surface area contributed by atoms with E-state index in [9.17, 15) is 14.0 Å². The van der Waals surface area contributed by atoms with E-state index in [-0.39, 0.29) is 30.1 Å². The van der Waals surface area contributed by atoms with E-state index in [2.05, 4.69) is 13.8 Å². The molecule has 1 aliphatic heterocycles. The fourth-order valence-electron chi connectivity index (χ4n) is 3.51. The first-order valence-corrected chi connectivity index (χ1v) is 11.5. The summed E-state index contributed by atoms with van der Waals surface area (Å²) in [6.45, 7) is 6.55. The smallest absolute Gasteiger partial charge is 0.293 e. The van der Waals surface area contributed by atoms with E-state index >= 15 is 0 Å². The van der Waals surface area contributed by atoms with Gasteiger partial charge in [0.1, 0.15) is 29.7 Å². The van der Waals surface area contributed by atoms with E-state index in [1.807, 2.05) is 25.1 Å². The highest BCUT2D eigenvalue weighted by Gasteiger charge is 2.35. The van der Waals surface area contributed by atoms with Crippen molar-refractivity contribution >= 4 is 29.0 Å². The number of halogens is 1. The molecule has 170 valence electrons. The zero-order valence-corrected chi connectivity index (χ0v) is 19.4. The Kier molecular flexibility index (Phi) is 6.70. The first-order valence-electron chi connectivity index (χ1n) is 10.7. The minimum absolute atomic E-state index is 0.159. The largest absolute Gasteiger partial charge is 0.491 e. The molecule has 0 spiro atoms. The number of benzene rings is 2. The summed E-state index contributed by atoms with van der Waals surface area (Å²) in [5, 5.41) is -0.339. The molecule has 0 aliphatic carbocycles. The topological polar surface area (TPSA) is 59.8 Å². The summed E-state index contributed by atoms with van der Waals surface area (Å²) in [6, 6.07) is 15.4. The average Bonchev–Trinajstić information content (AvgIpc) is 3.34. The number of hydrogen-bond acceptors (Lipinski definition) is 5. The summed E-state index contributed by atoms with van der Waals surface area (Å²) in [6.07, 6.45) is 1.55. The SMILES string of the molecule is Cc1ccc(C(C)C)c(OCCN2C(=O)S/C(=C\c3ccc(-c4ccc(F)cc4)o3)C2=O)c1. The van der Waals surface area contributed by atoms with Gasteiger partial charge in [0, 0.05) is 11.6 Å². The zero-order valence-electron chi connectivity index (χ0n) is 18.6. The van der Waals surface area contributed by atoms with Gasteiger partial charge in [-0.2, -0.15) is 0 Å². The minimum atomic E-state index is -0.373. The zero-order chi connectivity index (χ0) is 23.5. The molecule has 0 unspecified atom stereocenters. The Labute approximate surface area is 196 Å². The predicted octanol–water partition coefficient (Wildman–Crippen LogP) is 6.63. The molecular weight excluding hydrogens is 441 g/mol. The van der Waals surface area contributed by atoms with Crippen LogP contribution in [0.25, 0.3) is 17.4 Å². The molecule has 0 radical (unpaired) electrons. The van der Waals surface area contributed by atoms with Crippen LogP contribution in [0.1, 0.15) is 36.7 Å². The van der Waals surface area contributed by atoms with E-state index in [0.29, 0.717) is 22.3 Å². The first-order chi connectivity index (χ1) is 15.8. The first kappa shape index (κ1) is 22.9. The van der Waals surface area contributed by atoms with Gasteiger partial charge in [-0.1, -0.05) is 26.0 Å². The number of carbonyl (C=O) groups is 2. The van der Waals surface area contributed by atoms with Crippen LogP contribution in [-0.4, -0.2) is 29.2 Å². The predicted molar refractivity (Wildman–Crippen MR) is 128 cm³/mol. The summed E-state index contributed by atoms with van der Waals surface area (Å²) in [7, 11) is 0. The van der Waals surface area contributed by atoms with E-state index in [1.54, 1.807) is 30.3 Å². The van der Waals surface area contributed by atoms with E-state index < -0.39 is 0 Å². The fraction of sp³-hybridized carbons (Fsp3) is 0.231. The van der Waals surface area contributed by atoms with Gasteiger partial charge in [-0.15, -0.1) is 0 Å². The van der Waals surface area contributed by atoms with Crippen molar-refractivity contribution in [3.8, 4) is 17.1 Å². The standard InChI is InChI=1S/C26H24FNO4S/c1-16(2)21-10-4-17(3)14-23(21)31-13-12-28-25(29)24(33-26(28)30)15-20-9-11-22(32-20)18-5-7-19(27)8-6-18/h4-11,14-16H,12-13H2,1-3H3/b24-15-. The summed E-state index contributed by atoms with van der Waals surface area (Å²) >= 11 is 0.874. The molecule has 4 rings (SSSR count). The van der Waals surface area contributed by atoms with Crippen LogP contribution in [0.15, 0.2) is 63.9 Å². The van der Waals surface area contributed by atoms with Crippen molar-refractivity contribution in [2.24, 2.45) is 0 Å². The number of imide groups is 1. The number of nitrogens with zero attached hydrogens (tertiary/aromatic N) is 1. The molecule has 1 saturated heterocycles. The van der Waals surface area contributed by atoms with Gasteiger partial charge in [-0.25, -0.2) is 4.39 Å². The van der Waals surface area contributed by atoms with Gasteiger partial charge in [0.2, 0.25) is 0 Å². The molecule has 5 nitrogen and oxygen atoms in total. The third-order valence-electron chi connectivity index (χ3n) is 5.27. The van der Waals surface area contributed by atoms with Gasteiger partial charge in [0.15, 0.2) is 0 Å². The highest BCUT2D eigenvalue weighted by molar-refractivity contribution is 8.18. The molecule has 1 aliphatic rings. The second-order valence-electron chi connectivity index (χ2n) is 8.09. The van der Waals surface area contributed by atoms with Crippen molar-refractivity contribution in [3.63, 3.8) is 0 Å². The van der Waals surface area contributed by atoms with Crippen LogP contribution in [0.4, 0.5) is 9.18 Å². The van der Waals surface area contributed by atoms with Crippen molar-refractivity contribution < 1.29 is 23.1 Å². The van der Waals surface area contributed by atoms with Crippen LogP contribution in [0.5, 0.6) is 5.75 Å². The van der Waals surface area contributed by atoms with Gasteiger partial charge >= 0.3 is 0 Å². The van der Waals surface area contributed by atoms with E-state index in [1.165, 1.54) is 17.0 Å². The van der Waals surface area contributed by atoms with Crippen molar-refractivity contribution in [1.29, 1.82) is 0 Å². The Morgan fingerprint density at radius 1 is 1.09 bits per heavy atom. The lowest BCUT2D eigenvalue weighted by Crippen LogP contribution is -2.32. The molecule has 2 aromatic carbocycles. The molecule has 33 heavy (non-hydrogen) atoms. The third-order valence-corrected chi connectivity index (χ3v) is 6.17. The van der Waals surface area contributed by atoms with Crippen molar-refractivity contribution in [3.05, 3.63) is 82.2 Å². The van der Waals surface area contributed by atoms with E-state index in [4.69, 9.17) is 9.15 Å². The lowest BCUT2D eigenvalue weighted by atomic mass is 10.0. The maximum absolute atomic E-state index is 13.1. The number of ether oxygens (including phenoxy) is 1. The van der Waals surface area contributed by atoms with Crippen LogP contribution in [0.3, 0.4) is 0 Å². The van der Waals surface area contributed by atoms with Crippen LogP contribution in [0.2, 0.25) is 0 Å². The second-order valence-corrected chi connectivity index (χ2v) is 9.08. The van der Waals surface area contributed by atoms with Crippen molar-refractivity contribution in [1.82, 2.24) is 4.90 Å². The van der Waals surface area contributed by atoms with Crippen LogP contribution in [0, 0.1) is 12.7 Å². The minimum Gasteiger partial charge on any atom is -0.491 e. The number of carbonyl (C=O) groups excluding carboxylic acids is 2. The average molecular weight is 466 g/mol. The fourth-order valence-corrected chi connectivity index (χ4v) is 4.36.